The Labute approximate surface area is 125 Å². The number of methoxy groups -OCH3 is 1. The van der Waals surface area contributed by atoms with Crippen LogP contribution in [0.25, 0.3) is 0 Å². The number of nitrogens with one attached hydrogen (secondary N) is 1. The zero-order chi connectivity index (χ0) is 15.1. The summed E-state index contributed by atoms with van der Waals surface area (Å²) in [6.45, 7) is 5.10. The molecule has 0 aromatic carbocycles. The van der Waals surface area contributed by atoms with E-state index in [4.69, 9.17) is 14.2 Å². The highest BCUT2D eigenvalue weighted by Gasteiger charge is 2.24. The number of ether oxygens (including phenoxy) is 3. The number of rotatable bonds is 7. The van der Waals surface area contributed by atoms with Crippen molar-refractivity contribution < 1.29 is 14.2 Å². The van der Waals surface area contributed by atoms with Gasteiger partial charge in [-0.1, -0.05) is 0 Å². The first-order valence-corrected chi connectivity index (χ1v) is 7.57. The monoisotopic (exact) mass is 296 g/mol. The van der Waals surface area contributed by atoms with Crippen LogP contribution in [0.1, 0.15) is 39.5 Å². The predicted molar refractivity (Wildman–Crippen MR) is 78.8 cm³/mol. The summed E-state index contributed by atoms with van der Waals surface area (Å²) in [4.78, 5) is 12.7. The molecular formula is C14H24N4O3. The van der Waals surface area contributed by atoms with Crippen molar-refractivity contribution in [1.29, 1.82) is 0 Å². The number of hydrogen-bond acceptors (Lipinski definition) is 7. The van der Waals surface area contributed by atoms with E-state index in [1.54, 1.807) is 7.11 Å². The Hall–Kier alpha value is -1.63. The summed E-state index contributed by atoms with van der Waals surface area (Å²) in [6.07, 6.45) is 4.36. The van der Waals surface area contributed by atoms with Crippen LogP contribution in [0.4, 0.5) is 5.95 Å². The third-order valence-corrected chi connectivity index (χ3v) is 3.39. The Balaban J connectivity index is 2.06. The van der Waals surface area contributed by atoms with Gasteiger partial charge in [0.1, 0.15) is 6.10 Å². The van der Waals surface area contributed by atoms with Crippen LogP contribution in [0.2, 0.25) is 0 Å². The van der Waals surface area contributed by atoms with Crippen molar-refractivity contribution in [2.24, 2.45) is 0 Å². The molecule has 1 aliphatic carbocycles. The second-order valence-electron chi connectivity index (χ2n) is 4.95. The molecule has 1 heterocycles. The molecule has 1 N–H and O–H groups in total. The van der Waals surface area contributed by atoms with Gasteiger partial charge in [0.25, 0.3) is 0 Å². The molecule has 21 heavy (non-hydrogen) atoms. The van der Waals surface area contributed by atoms with Crippen molar-refractivity contribution in [3.8, 4) is 12.0 Å². The lowest BCUT2D eigenvalue weighted by atomic mass is 9.95. The minimum absolute atomic E-state index is 0.0788. The SMILES string of the molecule is CCNc1nc(OCC)nc(OC2CCCC(OC)C2)n1. The summed E-state index contributed by atoms with van der Waals surface area (Å²) in [5.74, 6) is 0.477. The fraction of sp³-hybridized carbons (Fsp3) is 0.786. The minimum Gasteiger partial charge on any atom is -0.464 e. The topological polar surface area (TPSA) is 78.4 Å². The van der Waals surface area contributed by atoms with Crippen molar-refractivity contribution in [3.05, 3.63) is 0 Å². The fourth-order valence-corrected chi connectivity index (χ4v) is 2.39. The van der Waals surface area contributed by atoms with Crippen molar-refractivity contribution >= 4 is 5.95 Å². The molecular weight excluding hydrogens is 272 g/mol. The van der Waals surface area contributed by atoms with Gasteiger partial charge < -0.3 is 19.5 Å². The molecule has 1 aromatic rings. The lowest BCUT2D eigenvalue weighted by Gasteiger charge is -2.27. The van der Waals surface area contributed by atoms with Gasteiger partial charge in [0, 0.05) is 20.1 Å². The predicted octanol–water partition coefficient (Wildman–Crippen LogP) is 2.04. The van der Waals surface area contributed by atoms with Crippen LogP contribution in [0.3, 0.4) is 0 Å². The molecule has 7 heteroatoms. The summed E-state index contributed by atoms with van der Waals surface area (Å²) in [5, 5.41) is 3.06. The first kappa shape index (κ1) is 15.8. The zero-order valence-electron chi connectivity index (χ0n) is 13.0. The van der Waals surface area contributed by atoms with E-state index >= 15 is 0 Å². The average Bonchev–Trinajstić information content (AvgIpc) is 2.48. The molecule has 0 amide bonds. The maximum atomic E-state index is 5.90. The van der Waals surface area contributed by atoms with Crippen LogP contribution < -0.4 is 14.8 Å². The summed E-state index contributed by atoms with van der Waals surface area (Å²) in [6, 6.07) is 0.601. The number of anilines is 1. The first-order chi connectivity index (χ1) is 10.2. The number of aromatic nitrogens is 3. The molecule has 1 saturated carbocycles. The van der Waals surface area contributed by atoms with Crippen LogP contribution >= 0.6 is 0 Å². The first-order valence-electron chi connectivity index (χ1n) is 7.57. The smallest absolute Gasteiger partial charge is 0.324 e. The minimum atomic E-state index is 0.0788. The van der Waals surface area contributed by atoms with Gasteiger partial charge in [0.2, 0.25) is 5.95 Å². The van der Waals surface area contributed by atoms with Gasteiger partial charge in [-0.05, 0) is 33.1 Å². The van der Waals surface area contributed by atoms with Gasteiger partial charge in [-0.25, -0.2) is 0 Å². The maximum Gasteiger partial charge on any atom is 0.324 e. The second kappa shape index (κ2) is 7.97. The van der Waals surface area contributed by atoms with Gasteiger partial charge >= 0.3 is 12.0 Å². The lowest BCUT2D eigenvalue weighted by molar-refractivity contribution is 0.0176. The molecule has 1 aliphatic rings. The standard InChI is InChI=1S/C14H24N4O3/c1-4-15-12-16-13(20-5-2)18-14(17-12)21-11-8-6-7-10(9-11)19-3/h10-11H,4-9H2,1-3H3,(H,15,16,17,18). The van der Waals surface area contributed by atoms with Gasteiger partial charge in [-0.15, -0.1) is 4.98 Å². The Morgan fingerprint density at radius 3 is 2.57 bits per heavy atom. The summed E-state index contributed by atoms with van der Waals surface area (Å²) < 4.78 is 16.7. The van der Waals surface area contributed by atoms with Crippen LogP contribution in [0, 0.1) is 0 Å². The maximum absolute atomic E-state index is 5.90. The van der Waals surface area contributed by atoms with E-state index in [1.807, 2.05) is 13.8 Å². The van der Waals surface area contributed by atoms with Crippen molar-refractivity contribution in [2.75, 3.05) is 25.6 Å². The molecule has 1 aromatic heterocycles. The molecule has 1 fully saturated rings. The highest BCUT2D eigenvalue weighted by Crippen LogP contribution is 2.24. The molecule has 0 radical (unpaired) electrons. The fourth-order valence-electron chi connectivity index (χ4n) is 2.39. The molecule has 2 rings (SSSR count). The average molecular weight is 296 g/mol. The summed E-state index contributed by atoms with van der Waals surface area (Å²) in [7, 11) is 1.74. The van der Waals surface area contributed by atoms with Gasteiger partial charge in [0.15, 0.2) is 0 Å². The molecule has 7 nitrogen and oxygen atoms in total. The van der Waals surface area contributed by atoms with Gasteiger partial charge in [0.05, 0.1) is 12.7 Å². The Bertz CT molecular complexity index is 420. The zero-order valence-corrected chi connectivity index (χ0v) is 13.0. The van der Waals surface area contributed by atoms with Crippen LogP contribution in [0.15, 0.2) is 0 Å². The number of hydrogen-bond donors (Lipinski definition) is 1. The molecule has 2 unspecified atom stereocenters. The normalized spacial score (nSPS) is 21.9. The van der Waals surface area contributed by atoms with Crippen molar-refractivity contribution in [2.45, 2.75) is 51.7 Å². The quantitative estimate of drug-likeness (QED) is 0.824. The second-order valence-corrected chi connectivity index (χ2v) is 4.95. The molecule has 2 atom stereocenters. The van der Waals surface area contributed by atoms with Gasteiger partial charge in [-0.3, -0.25) is 0 Å². The largest absolute Gasteiger partial charge is 0.464 e. The molecule has 0 aliphatic heterocycles. The molecule has 118 valence electrons. The van der Waals surface area contributed by atoms with Gasteiger partial charge in [-0.2, -0.15) is 9.97 Å². The highest BCUT2D eigenvalue weighted by atomic mass is 16.5. The third kappa shape index (κ3) is 4.70. The molecule has 0 bridgehead atoms. The Morgan fingerprint density at radius 1 is 1.10 bits per heavy atom. The van der Waals surface area contributed by atoms with E-state index in [1.165, 1.54) is 0 Å². The lowest BCUT2D eigenvalue weighted by Crippen LogP contribution is -2.30. The highest BCUT2D eigenvalue weighted by molar-refractivity contribution is 5.27. The van der Waals surface area contributed by atoms with E-state index in [2.05, 4.69) is 20.3 Å². The van der Waals surface area contributed by atoms with Crippen LogP contribution in [0.5, 0.6) is 12.0 Å². The van der Waals surface area contributed by atoms with Crippen molar-refractivity contribution in [3.63, 3.8) is 0 Å². The van der Waals surface area contributed by atoms with Crippen LogP contribution in [-0.2, 0) is 4.74 Å². The number of nitrogens with zero attached hydrogens (tertiary/aromatic N) is 3. The van der Waals surface area contributed by atoms with Crippen LogP contribution in [-0.4, -0.2) is 47.4 Å². The third-order valence-electron chi connectivity index (χ3n) is 3.39. The van der Waals surface area contributed by atoms with Crippen molar-refractivity contribution in [1.82, 2.24) is 15.0 Å². The molecule has 0 saturated heterocycles. The summed E-state index contributed by atoms with van der Waals surface area (Å²) in [5.41, 5.74) is 0. The van der Waals surface area contributed by atoms with E-state index in [0.29, 0.717) is 18.6 Å². The van der Waals surface area contributed by atoms with E-state index < -0.39 is 0 Å². The molecule has 0 spiro atoms. The Morgan fingerprint density at radius 2 is 1.86 bits per heavy atom. The summed E-state index contributed by atoms with van der Waals surface area (Å²) >= 11 is 0. The van der Waals surface area contributed by atoms with E-state index in [9.17, 15) is 0 Å². The van der Waals surface area contributed by atoms with E-state index in [-0.39, 0.29) is 18.2 Å². The van der Waals surface area contributed by atoms with E-state index in [0.717, 1.165) is 32.2 Å². The Kier molecular flexibility index (Phi) is 5.98.